The molecule has 0 fully saturated rings. The van der Waals surface area contributed by atoms with Crippen LogP contribution in [-0.2, 0) is 0 Å². The number of aryl methyl sites for hydroxylation is 3. The van der Waals surface area contributed by atoms with Gasteiger partial charge in [-0.25, -0.2) is 9.97 Å². The first-order valence-electron chi connectivity index (χ1n) is 7.54. The van der Waals surface area contributed by atoms with Gasteiger partial charge in [-0.1, -0.05) is 59.7 Å². The van der Waals surface area contributed by atoms with E-state index in [9.17, 15) is 0 Å². The predicted molar refractivity (Wildman–Crippen MR) is 91.9 cm³/mol. The first-order valence-corrected chi connectivity index (χ1v) is 7.54. The molecule has 0 spiro atoms. The van der Waals surface area contributed by atoms with Gasteiger partial charge >= 0.3 is 0 Å². The highest BCUT2D eigenvalue weighted by Crippen LogP contribution is 2.26. The van der Waals surface area contributed by atoms with Gasteiger partial charge in [-0.3, -0.25) is 0 Å². The summed E-state index contributed by atoms with van der Waals surface area (Å²) >= 11 is 0. The number of hydrogen-bond acceptors (Lipinski definition) is 2. The SMILES string of the molecule is Cc1ccc(-c2nc(C)c(C)c(-c3ccc(C)cc3)n2)cc1. The Bertz CT molecular complexity index is 800. The summed E-state index contributed by atoms with van der Waals surface area (Å²) in [5.41, 5.74) is 7.88. The van der Waals surface area contributed by atoms with Gasteiger partial charge in [0.05, 0.1) is 5.69 Å². The Hall–Kier alpha value is -2.48. The Morgan fingerprint density at radius 2 is 1.09 bits per heavy atom. The van der Waals surface area contributed by atoms with Crippen LogP contribution in [-0.4, -0.2) is 9.97 Å². The third kappa shape index (κ3) is 2.77. The van der Waals surface area contributed by atoms with Crippen molar-refractivity contribution < 1.29 is 0 Å². The maximum Gasteiger partial charge on any atom is 0.160 e. The molecular weight excluding hydrogens is 268 g/mol. The summed E-state index contributed by atoms with van der Waals surface area (Å²) in [7, 11) is 0. The average Bonchev–Trinajstić information content (AvgIpc) is 2.52. The van der Waals surface area contributed by atoms with Crippen LogP contribution in [0.15, 0.2) is 48.5 Å². The number of nitrogens with zero attached hydrogens (tertiary/aromatic N) is 2. The molecule has 0 N–H and O–H groups in total. The molecule has 2 nitrogen and oxygen atoms in total. The van der Waals surface area contributed by atoms with E-state index in [0.29, 0.717) is 0 Å². The maximum atomic E-state index is 4.82. The highest BCUT2D eigenvalue weighted by atomic mass is 14.9. The topological polar surface area (TPSA) is 25.8 Å². The summed E-state index contributed by atoms with van der Waals surface area (Å²) in [5.74, 6) is 0.790. The van der Waals surface area contributed by atoms with Gasteiger partial charge in [0, 0.05) is 16.8 Å². The van der Waals surface area contributed by atoms with Crippen molar-refractivity contribution in [3.63, 3.8) is 0 Å². The lowest BCUT2D eigenvalue weighted by atomic mass is 10.0. The second-order valence-corrected chi connectivity index (χ2v) is 5.84. The molecule has 3 aromatic rings. The smallest absolute Gasteiger partial charge is 0.160 e. The molecular formula is C20H20N2. The van der Waals surface area contributed by atoms with E-state index in [1.165, 1.54) is 11.1 Å². The standard InChI is InChI=1S/C20H20N2/c1-13-5-9-17(10-6-13)19-15(3)16(4)21-20(22-19)18-11-7-14(2)8-12-18/h5-12H,1-4H3. The zero-order valence-electron chi connectivity index (χ0n) is 13.5. The molecule has 0 saturated heterocycles. The third-order valence-electron chi connectivity index (χ3n) is 4.02. The van der Waals surface area contributed by atoms with Crippen molar-refractivity contribution in [1.29, 1.82) is 0 Å². The molecule has 3 rings (SSSR count). The molecule has 110 valence electrons. The van der Waals surface area contributed by atoms with E-state index in [4.69, 9.17) is 4.98 Å². The van der Waals surface area contributed by atoms with Gasteiger partial charge in [0.15, 0.2) is 5.82 Å². The molecule has 2 heteroatoms. The Balaban J connectivity index is 2.14. The molecule has 2 aromatic carbocycles. The quantitative estimate of drug-likeness (QED) is 0.660. The van der Waals surface area contributed by atoms with Crippen LogP contribution in [0.2, 0.25) is 0 Å². The normalized spacial score (nSPS) is 10.7. The van der Waals surface area contributed by atoms with Crippen LogP contribution in [0.25, 0.3) is 22.6 Å². The minimum absolute atomic E-state index is 0.790. The van der Waals surface area contributed by atoms with E-state index in [2.05, 4.69) is 74.3 Å². The molecule has 0 aliphatic heterocycles. The maximum absolute atomic E-state index is 4.82. The lowest BCUT2D eigenvalue weighted by molar-refractivity contribution is 1.08. The van der Waals surface area contributed by atoms with E-state index >= 15 is 0 Å². The Morgan fingerprint density at radius 1 is 0.591 bits per heavy atom. The molecule has 1 heterocycles. The molecule has 0 atom stereocenters. The van der Waals surface area contributed by atoms with Crippen molar-refractivity contribution in [2.24, 2.45) is 0 Å². The van der Waals surface area contributed by atoms with Crippen LogP contribution in [0.5, 0.6) is 0 Å². The minimum atomic E-state index is 0.790. The number of hydrogen-bond donors (Lipinski definition) is 0. The van der Waals surface area contributed by atoms with Crippen molar-refractivity contribution in [3.8, 4) is 22.6 Å². The molecule has 0 saturated carbocycles. The fraction of sp³-hybridized carbons (Fsp3) is 0.200. The predicted octanol–water partition coefficient (Wildman–Crippen LogP) is 5.04. The molecule has 1 aromatic heterocycles. The van der Waals surface area contributed by atoms with Crippen molar-refractivity contribution in [3.05, 3.63) is 70.9 Å². The number of aromatic nitrogens is 2. The fourth-order valence-corrected chi connectivity index (χ4v) is 2.45. The molecule has 0 unspecified atom stereocenters. The summed E-state index contributed by atoms with van der Waals surface area (Å²) in [6, 6.07) is 16.9. The Labute approximate surface area is 131 Å². The highest BCUT2D eigenvalue weighted by molar-refractivity contribution is 5.67. The molecule has 22 heavy (non-hydrogen) atoms. The minimum Gasteiger partial charge on any atom is -0.233 e. The van der Waals surface area contributed by atoms with Crippen LogP contribution in [0.3, 0.4) is 0 Å². The monoisotopic (exact) mass is 288 g/mol. The first-order chi connectivity index (χ1) is 10.5. The van der Waals surface area contributed by atoms with E-state index in [0.717, 1.165) is 33.9 Å². The lowest BCUT2D eigenvalue weighted by Gasteiger charge is -2.11. The van der Waals surface area contributed by atoms with E-state index in [1.807, 2.05) is 6.92 Å². The number of rotatable bonds is 2. The summed E-state index contributed by atoms with van der Waals surface area (Å²) in [4.78, 5) is 9.49. The first kappa shape index (κ1) is 14.5. The van der Waals surface area contributed by atoms with Crippen molar-refractivity contribution in [1.82, 2.24) is 9.97 Å². The summed E-state index contributed by atoms with van der Waals surface area (Å²) < 4.78 is 0. The largest absolute Gasteiger partial charge is 0.233 e. The van der Waals surface area contributed by atoms with E-state index < -0.39 is 0 Å². The molecule has 0 bridgehead atoms. The Kier molecular flexibility index (Phi) is 3.76. The van der Waals surface area contributed by atoms with Crippen LogP contribution in [0.1, 0.15) is 22.4 Å². The zero-order chi connectivity index (χ0) is 15.7. The van der Waals surface area contributed by atoms with Gasteiger partial charge in [0.25, 0.3) is 0 Å². The van der Waals surface area contributed by atoms with Gasteiger partial charge in [-0.15, -0.1) is 0 Å². The van der Waals surface area contributed by atoms with Crippen molar-refractivity contribution in [2.75, 3.05) is 0 Å². The van der Waals surface area contributed by atoms with Crippen LogP contribution >= 0.6 is 0 Å². The van der Waals surface area contributed by atoms with Gasteiger partial charge in [-0.05, 0) is 33.3 Å². The van der Waals surface area contributed by atoms with Gasteiger partial charge in [-0.2, -0.15) is 0 Å². The molecule has 0 amide bonds. The lowest BCUT2D eigenvalue weighted by Crippen LogP contribution is -1.99. The second kappa shape index (κ2) is 5.72. The molecule has 0 radical (unpaired) electrons. The summed E-state index contributed by atoms with van der Waals surface area (Å²) in [6.45, 7) is 8.32. The average molecular weight is 288 g/mol. The molecule has 0 aliphatic rings. The molecule has 0 aliphatic carbocycles. The van der Waals surface area contributed by atoms with Crippen molar-refractivity contribution >= 4 is 0 Å². The van der Waals surface area contributed by atoms with Gasteiger partial charge in [0.2, 0.25) is 0 Å². The second-order valence-electron chi connectivity index (χ2n) is 5.84. The van der Waals surface area contributed by atoms with E-state index in [1.54, 1.807) is 0 Å². The third-order valence-corrected chi connectivity index (χ3v) is 4.02. The number of benzene rings is 2. The Morgan fingerprint density at radius 3 is 1.64 bits per heavy atom. The van der Waals surface area contributed by atoms with Crippen LogP contribution < -0.4 is 0 Å². The van der Waals surface area contributed by atoms with Gasteiger partial charge < -0.3 is 0 Å². The highest BCUT2D eigenvalue weighted by Gasteiger charge is 2.11. The summed E-state index contributed by atoms with van der Waals surface area (Å²) in [5, 5.41) is 0. The van der Waals surface area contributed by atoms with Crippen LogP contribution in [0, 0.1) is 27.7 Å². The van der Waals surface area contributed by atoms with Crippen LogP contribution in [0.4, 0.5) is 0 Å². The van der Waals surface area contributed by atoms with Gasteiger partial charge in [0.1, 0.15) is 0 Å². The summed E-state index contributed by atoms with van der Waals surface area (Å²) in [6.07, 6.45) is 0. The van der Waals surface area contributed by atoms with Crippen molar-refractivity contribution in [2.45, 2.75) is 27.7 Å². The fourth-order valence-electron chi connectivity index (χ4n) is 2.45. The van der Waals surface area contributed by atoms with E-state index in [-0.39, 0.29) is 0 Å². The zero-order valence-corrected chi connectivity index (χ0v) is 13.5.